The fourth-order valence-corrected chi connectivity index (χ4v) is 3.11. The second kappa shape index (κ2) is 8.41. The van der Waals surface area contributed by atoms with Gasteiger partial charge in [0.2, 0.25) is 0 Å². The Bertz CT molecular complexity index is 511. The fourth-order valence-electron chi connectivity index (χ4n) is 3.11. The Morgan fingerprint density at radius 3 is 2.29 bits per heavy atom. The molecule has 134 valence electrons. The number of alkyl carbamates (subject to hydrolysis) is 1. The monoisotopic (exact) mass is 332 g/mol. The number of benzene rings is 1. The lowest BCUT2D eigenvalue weighted by Gasteiger charge is -2.30. The van der Waals surface area contributed by atoms with Crippen LogP contribution in [-0.2, 0) is 11.2 Å². The van der Waals surface area contributed by atoms with E-state index in [1.165, 1.54) is 11.3 Å². The van der Waals surface area contributed by atoms with Crippen LogP contribution in [0.5, 0.6) is 0 Å². The highest BCUT2D eigenvalue weighted by atomic mass is 16.6. The number of carbonyl (C=O) groups excluding carboxylic acids is 1. The van der Waals surface area contributed by atoms with Gasteiger partial charge < -0.3 is 15.4 Å². The second-order valence-corrected chi connectivity index (χ2v) is 7.80. The lowest BCUT2D eigenvalue weighted by molar-refractivity contribution is 0.0488. The van der Waals surface area contributed by atoms with Crippen LogP contribution in [0.2, 0.25) is 0 Å². The number of amides is 1. The van der Waals surface area contributed by atoms with Gasteiger partial charge in [-0.3, -0.25) is 0 Å². The van der Waals surface area contributed by atoms with Gasteiger partial charge in [0, 0.05) is 18.3 Å². The average molecular weight is 332 g/mol. The van der Waals surface area contributed by atoms with Crippen molar-refractivity contribution in [3.8, 4) is 0 Å². The van der Waals surface area contributed by atoms with Crippen LogP contribution in [0.3, 0.4) is 0 Å². The first-order valence-corrected chi connectivity index (χ1v) is 9.18. The molecule has 0 aromatic heterocycles. The second-order valence-electron chi connectivity index (χ2n) is 7.80. The molecule has 4 nitrogen and oxygen atoms in total. The van der Waals surface area contributed by atoms with Crippen molar-refractivity contribution in [2.75, 3.05) is 11.9 Å². The summed E-state index contributed by atoms with van der Waals surface area (Å²) in [5.41, 5.74) is 2.13. The molecule has 0 radical (unpaired) electrons. The number of ether oxygens (including phenoxy) is 1. The van der Waals surface area contributed by atoms with Gasteiger partial charge in [0.15, 0.2) is 0 Å². The van der Waals surface area contributed by atoms with E-state index in [4.69, 9.17) is 4.74 Å². The molecule has 0 spiro atoms. The van der Waals surface area contributed by atoms with Crippen LogP contribution in [0.1, 0.15) is 58.9 Å². The molecular weight excluding hydrogens is 300 g/mol. The van der Waals surface area contributed by atoms with E-state index in [0.717, 1.165) is 38.6 Å². The van der Waals surface area contributed by atoms with Crippen molar-refractivity contribution in [1.82, 2.24) is 5.32 Å². The van der Waals surface area contributed by atoms with Crippen molar-refractivity contribution in [2.45, 2.75) is 71.4 Å². The molecule has 1 fully saturated rings. The van der Waals surface area contributed by atoms with Crippen molar-refractivity contribution >= 4 is 11.8 Å². The van der Waals surface area contributed by atoms with Crippen LogP contribution in [-0.4, -0.2) is 24.3 Å². The Kier molecular flexibility index (Phi) is 6.52. The average Bonchev–Trinajstić information content (AvgIpc) is 2.53. The standard InChI is InChI=1S/C20H32N2O2/c1-5-15-6-10-17(11-7-15)21-14-16-8-12-18(13-9-16)22-19(23)24-20(2,3)4/h6-7,10-11,16,18,21H,5,8-9,12-14H2,1-4H3,(H,22,23). The number of anilines is 1. The zero-order valence-corrected chi connectivity index (χ0v) is 15.5. The Hall–Kier alpha value is -1.71. The highest BCUT2D eigenvalue weighted by molar-refractivity contribution is 5.68. The van der Waals surface area contributed by atoms with Gasteiger partial charge in [-0.25, -0.2) is 4.79 Å². The summed E-state index contributed by atoms with van der Waals surface area (Å²) >= 11 is 0. The van der Waals surface area contributed by atoms with E-state index in [1.54, 1.807) is 0 Å². The molecule has 1 aromatic carbocycles. The van der Waals surface area contributed by atoms with Gasteiger partial charge in [-0.1, -0.05) is 19.1 Å². The van der Waals surface area contributed by atoms with Gasteiger partial charge in [-0.05, 0) is 76.5 Å². The number of rotatable bonds is 5. The van der Waals surface area contributed by atoms with E-state index < -0.39 is 5.60 Å². The molecule has 0 heterocycles. The number of carbonyl (C=O) groups is 1. The first kappa shape index (κ1) is 18.6. The molecule has 1 saturated carbocycles. The van der Waals surface area contributed by atoms with E-state index in [1.807, 2.05) is 20.8 Å². The Labute approximate surface area is 146 Å². The third kappa shape index (κ3) is 6.42. The van der Waals surface area contributed by atoms with Crippen molar-refractivity contribution in [1.29, 1.82) is 0 Å². The van der Waals surface area contributed by atoms with E-state index in [2.05, 4.69) is 41.8 Å². The zero-order chi connectivity index (χ0) is 17.6. The maximum absolute atomic E-state index is 11.8. The maximum Gasteiger partial charge on any atom is 0.407 e. The maximum atomic E-state index is 11.8. The van der Waals surface area contributed by atoms with E-state index in [-0.39, 0.29) is 12.1 Å². The van der Waals surface area contributed by atoms with Crippen molar-refractivity contribution in [3.63, 3.8) is 0 Å². The van der Waals surface area contributed by atoms with Gasteiger partial charge in [0.1, 0.15) is 5.60 Å². The van der Waals surface area contributed by atoms with Crippen molar-refractivity contribution in [2.24, 2.45) is 5.92 Å². The highest BCUT2D eigenvalue weighted by Gasteiger charge is 2.24. The first-order valence-electron chi connectivity index (χ1n) is 9.18. The number of aryl methyl sites for hydroxylation is 1. The molecule has 0 atom stereocenters. The molecule has 24 heavy (non-hydrogen) atoms. The van der Waals surface area contributed by atoms with Crippen molar-refractivity contribution < 1.29 is 9.53 Å². The number of nitrogens with one attached hydrogen (secondary N) is 2. The fraction of sp³-hybridized carbons (Fsp3) is 0.650. The normalized spacial score (nSPS) is 21.2. The van der Waals surface area contributed by atoms with Crippen LogP contribution in [0.25, 0.3) is 0 Å². The summed E-state index contributed by atoms with van der Waals surface area (Å²) in [5.74, 6) is 0.674. The smallest absolute Gasteiger partial charge is 0.407 e. The van der Waals surface area contributed by atoms with Crippen LogP contribution in [0.4, 0.5) is 10.5 Å². The lowest BCUT2D eigenvalue weighted by Crippen LogP contribution is -2.41. The van der Waals surface area contributed by atoms with Crippen LogP contribution in [0.15, 0.2) is 24.3 Å². The molecule has 2 N–H and O–H groups in total. The van der Waals surface area contributed by atoms with Gasteiger partial charge in [-0.2, -0.15) is 0 Å². The molecule has 0 saturated heterocycles. The van der Waals surface area contributed by atoms with Gasteiger partial charge in [0.05, 0.1) is 0 Å². The molecule has 1 aromatic rings. The summed E-state index contributed by atoms with van der Waals surface area (Å²) in [5, 5.41) is 6.54. The van der Waals surface area contributed by atoms with E-state index >= 15 is 0 Å². The summed E-state index contributed by atoms with van der Waals surface area (Å²) in [6, 6.07) is 8.94. The third-order valence-corrected chi connectivity index (χ3v) is 4.52. The largest absolute Gasteiger partial charge is 0.444 e. The predicted molar refractivity (Wildman–Crippen MR) is 99.4 cm³/mol. The molecule has 1 aliphatic carbocycles. The molecule has 1 amide bonds. The quantitative estimate of drug-likeness (QED) is 0.818. The summed E-state index contributed by atoms with van der Waals surface area (Å²) in [6.07, 6.45) is 5.12. The Morgan fingerprint density at radius 2 is 1.75 bits per heavy atom. The third-order valence-electron chi connectivity index (χ3n) is 4.52. The number of hydrogen-bond acceptors (Lipinski definition) is 3. The van der Waals surface area contributed by atoms with Gasteiger partial charge >= 0.3 is 6.09 Å². The van der Waals surface area contributed by atoms with Crippen LogP contribution in [0, 0.1) is 5.92 Å². The minimum atomic E-state index is -0.432. The van der Waals surface area contributed by atoms with E-state index in [0.29, 0.717) is 5.92 Å². The van der Waals surface area contributed by atoms with Crippen LogP contribution >= 0.6 is 0 Å². The van der Waals surface area contributed by atoms with Crippen molar-refractivity contribution in [3.05, 3.63) is 29.8 Å². The highest BCUT2D eigenvalue weighted by Crippen LogP contribution is 2.25. The summed E-state index contributed by atoms with van der Waals surface area (Å²) in [6.45, 7) is 8.85. The molecule has 2 rings (SSSR count). The molecule has 0 aliphatic heterocycles. The molecule has 0 unspecified atom stereocenters. The SMILES string of the molecule is CCc1ccc(NCC2CCC(NC(=O)OC(C)(C)C)CC2)cc1. The predicted octanol–water partition coefficient (Wildman–Crippen LogP) is 4.74. The van der Waals surface area contributed by atoms with E-state index in [9.17, 15) is 4.79 Å². The molecule has 0 bridgehead atoms. The Balaban J connectivity index is 1.68. The zero-order valence-electron chi connectivity index (χ0n) is 15.5. The molecule has 4 heteroatoms. The molecule has 1 aliphatic rings. The molecular formula is C20H32N2O2. The number of hydrogen-bond donors (Lipinski definition) is 2. The first-order chi connectivity index (χ1) is 11.4. The minimum Gasteiger partial charge on any atom is -0.444 e. The minimum absolute atomic E-state index is 0.250. The van der Waals surface area contributed by atoms with Crippen LogP contribution < -0.4 is 10.6 Å². The topological polar surface area (TPSA) is 50.4 Å². The summed E-state index contributed by atoms with van der Waals surface area (Å²) in [7, 11) is 0. The lowest BCUT2D eigenvalue weighted by atomic mass is 9.86. The Morgan fingerprint density at radius 1 is 1.12 bits per heavy atom. The summed E-state index contributed by atoms with van der Waals surface area (Å²) < 4.78 is 5.33. The van der Waals surface area contributed by atoms with Gasteiger partial charge in [0.25, 0.3) is 0 Å². The van der Waals surface area contributed by atoms with Gasteiger partial charge in [-0.15, -0.1) is 0 Å². The summed E-state index contributed by atoms with van der Waals surface area (Å²) in [4.78, 5) is 11.8.